The van der Waals surface area contributed by atoms with Crippen LogP contribution in [0.25, 0.3) is 10.9 Å². The Morgan fingerprint density at radius 3 is 2.77 bits per heavy atom. The van der Waals surface area contributed by atoms with Crippen LogP contribution in [0.1, 0.15) is 40.9 Å². The summed E-state index contributed by atoms with van der Waals surface area (Å²) < 4.78 is 1.89. The molecule has 0 saturated heterocycles. The Balaban J connectivity index is 1.39. The van der Waals surface area contributed by atoms with Gasteiger partial charge in [0, 0.05) is 21.8 Å². The third-order valence-electron chi connectivity index (χ3n) is 5.72. The molecular weight excluding hydrogens is 394 g/mol. The molecule has 2 aromatic heterocycles. The number of fused-ring (bicyclic) bond motifs is 2. The number of halogens is 1. The lowest BCUT2D eigenvalue weighted by atomic mass is 9.92. The number of hydrogen-bond acceptors (Lipinski definition) is 4. The van der Waals surface area contributed by atoms with Gasteiger partial charge in [-0.15, -0.1) is 5.10 Å². The highest BCUT2D eigenvalue weighted by atomic mass is 35.5. The first-order valence-electron chi connectivity index (χ1n) is 10.5. The van der Waals surface area contributed by atoms with Crippen molar-refractivity contribution < 1.29 is 0 Å². The number of nitrogens with one attached hydrogen (secondary N) is 1. The van der Waals surface area contributed by atoms with E-state index < -0.39 is 0 Å². The fourth-order valence-electron chi connectivity index (χ4n) is 4.15. The maximum atomic E-state index is 6.30. The van der Waals surface area contributed by atoms with Crippen LogP contribution in [0.5, 0.6) is 0 Å². The third-order valence-corrected chi connectivity index (χ3v) is 5.96. The summed E-state index contributed by atoms with van der Waals surface area (Å²) in [5.74, 6) is 0. The number of hydrogen-bond donors (Lipinski definition) is 1. The zero-order valence-corrected chi connectivity index (χ0v) is 17.8. The summed E-state index contributed by atoms with van der Waals surface area (Å²) in [6.45, 7) is 3.43. The second-order valence-corrected chi connectivity index (χ2v) is 8.46. The summed E-state index contributed by atoms with van der Waals surface area (Å²) in [7, 11) is 0. The normalized spacial score (nSPS) is 13.4. The topological polar surface area (TPSA) is 55.6 Å². The second-order valence-electron chi connectivity index (χ2n) is 8.03. The minimum Gasteiger partial charge on any atom is -0.378 e. The van der Waals surface area contributed by atoms with Crippen molar-refractivity contribution in [2.75, 3.05) is 5.32 Å². The number of nitrogens with zero attached hydrogens (tertiary/aromatic N) is 4. The van der Waals surface area contributed by atoms with E-state index in [2.05, 4.69) is 46.8 Å². The summed E-state index contributed by atoms with van der Waals surface area (Å²) in [5, 5.41) is 14.1. The number of benzene rings is 2. The van der Waals surface area contributed by atoms with Gasteiger partial charge < -0.3 is 5.32 Å². The van der Waals surface area contributed by atoms with E-state index in [1.165, 1.54) is 35.2 Å². The Kier molecular flexibility index (Phi) is 5.13. The zero-order chi connectivity index (χ0) is 20.5. The first kappa shape index (κ1) is 19.1. The summed E-state index contributed by atoms with van der Waals surface area (Å²) in [6, 6.07) is 14.4. The molecule has 1 N–H and O–H groups in total. The Morgan fingerprint density at radius 2 is 1.90 bits per heavy atom. The fourth-order valence-corrected chi connectivity index (χ4v) is 4.33. The summed E-state index contributed by atoms with van der Waals surface area (Å²) in [4.78, 5) is 4.90. The predicted molar refractivity (Wildman–Crippen MR) is 121 cm³/mol. The molecule has 0 saturated carbocycles. The van der Waals surface area contributed by atoms with Crippen LogP contribution in [0.2, 0.25) is 5.02 Å². The molecule has 0 unspecified atom stereocenters. The number of pyridine rings is 1. The molecule has 0 fully saturated rings. The van der Waals surface area contributed by atoms with Crippen molar-refractivity contribution in [1.29, 1.82) is 0 Å². The molecule has 1 aliphatic carbocycles. The van der Waals surface area contributed by atoms with Crippen molar-refractivity contribution in [3.05, 3.63) is 81.8 Å². The molecule has 0 spiro atoms. The van der Waals surface area contributed by atoms with Crippen molar-refractivity contribution in [2.45, 2.75) is 45.7 Å². The molecular formula is C24H24ClN5. The molecule has 1 aliphatic rings. The number of rotatable bonds is 5. The molecule has 30 heavy (non-hydrogen) atoms. The van der Waals surface area contributed by atoms with Gasteiger partial charge >= 0.3 is 0 Å². The van der Waals surface area contributed by atoms with Gasteiger partial charge in [-0.2, -0.15) is 0 Å². The summed E-state index contributed by atoms with van der Waals surface area (Å²) >= 11 is 6.30. The van der Waals surface area contributed by atoms with Crippen LogP contribution < -0.4 is 5.32 Å². The van der Waals surface area contributed by atoms with Crippen LogP contribution in [0.4, 0.5) is 5.69 Å². The van der Waals surface area contributed by atoms with E-state index >= 15 is 0 Å². The van der Waals surface area contributed by atoms with Crippen LogP contribution >= 0.6 is 11.6 Å². The average Bonchev–Trinajstić information content (AvgIpc) is 3.20. The first-order valence-corrected chi connectivity index (χ1v) is 10.8. The van der Waals surface area contributed by atoms with Crippen LogP contribution in [-0.4, -0.2) is 20.0 Å². The molecule has 5 nitrogen and oxygen atoms in total. The molecule has 6 heteroatoms. The molecule has 0 aliphatic heterocycles. The number of aromatic nitrogens is 4. The van der Waals surface area contributed by atoms with Gasteiger partial charge in [0.05, 0.1) is 24.8 Å². The molecule has 0 bridgehead atoms. The molecule has 4 aromatic rings. The second kappa shape index (κ2) is 8.07. The van der Waals surface area contributed by atoms with Gasteiger partial charge in [0.1, 0.15) is 5.69 Å². The highest BCUT2D eigenvalue weighted by Crippen LogP contribution is 2.34. The molecule has 2 heterocycles. The van der Waals surface area contributed by atoms with E-state index in [1.54, 1.807) is 0 Å². The van der Waals surface area contributed by atoms with Crippen molar-refractivity contribution >= 4 is 28.2 Å². The molecule has 5 rings (SSSR count). The SMILES string of the molecule is Cc1ccc(Cn2cc(CNc3c4c(nc5ccc(Cl)cc35)CCCC4)nn2)cc1. The van der Waals surface area contributed by atoms with Crippen molar-refractivity contribution in [1.82, 2.24) is 20.0 Å². The molecule has 0 amide bonds. The third kappa shape index (κ3) is 3.90. The van der Waals surface area contributed by atoms with Crippen molar-refractivity contribution in [3.63, 3.8) is 0 Å². The Morgan fingerprint density at radius 1 is 1.07 bits per heavy atom. The van der Waals surface area contributed by atoms with Crippen LogP contribution in [0, 0.1) is 6.92 Å². The van der Waals surface area contributed by atoms with Gasteiger partial charge in [-0.05, 0) is 61.9 Å². The first-order chi connectivity index (χ1) is 14.7. The molecule has 0 radical (unpaired) electrons. The van der Waals surface area contributed by atoms with E-state index in [1.807, 2.05) is 29.1 Å². The molecule has 0 atom stereocenters. The lowest BCUT2D eigenvalue weighted by Crippen LogP contribution is -2.11. The van der Waals surface area contributed by atoms with Crippen LogP contribution in [0.3, 0.4) is 0 Å². The highest BCUT2D eigenvalue weighted by molar-refractivity contribution is 6.31. The van der Waals surface area contributed by atoms with E-state index in [0.717, 1.165) is 46.7 Å². The predicted octanol–water partition coefficient (Wildman–Crippen LogP) is 5.33. The smallest absolute Gasteiger partial charge is 0.102 e. The fraction of sp³-hybridized carbons (Fsp3) is 0.292. The van der Waals surface area contributed by atoms with Gasteiger partial charge in [0.2, 0.25) is 0 Å². The maximum Gasteiger partial charge on any atom is 0.102 e. The van der Waals surface area contributed by atoms with E-state index in [9.17, 15) is 0 Å². The molecule has 2 aromatic carbocycles. The molecule has 152 valence electrons. The van der Waals surface area contributed by atoms with Gasteiger partial charge in [-0.3, -0.25) is 4.98 Å². The zero-order valence-electron chi connectivity index (χ0n) is 17.0. The lowest BCUT2D eigenvalue weighted by Gasteiger charge is -2.21. The van der Waals surface area contributed by atoms with Gasteiger partial charge in [0.25, 0.3) is 0 Å². The number of aryl methyl sites for hydroxylation is 2. The van der Waals surface area contributed by atoms with Gasteiger partial charge in [0.15, 0.2) is 0 Å². The quantitative estimate of drug-likeness (QED) is 0.477. The number of anilines is 1. The van der Waals surface area contributed by atoms with E-state index in [4.69, 9.17) is 16.6 Å². The van der Waals surface area contributed by atoms with Gasteiger partial charge in [-0.1, -0.05) is 46.6 Å². The highest BCUT2D eigenvalue weighted by Gasteiger charge is 2.18. The summed E-state index contributed by atoms with van der Waals surface area (Å²) in [6.07, 6.45) is 6.49. The van der Waals surface area contributed by atoms with Crippen LogP contribution in [0.15, 0.2) is 48.7 Å². The van der Waals surface area contributed by atoms with Crippen molar-refractivity contribution in [3.8, 4) is 0 Å². The average molecular weight is 418 g/mol. The minimum atomic E-state index is 0.617. The summed E-state index contributed by atoms with van der Waals surface area (Å²) in [5.41, 5.74) is 8.06. The standard InChI is InChI=1S/C24H24ClN5/c1-16-6-8-17(9-7-16)14-30-15-19(28-29-30)13-26-24-20-4-2-3-5-22(20)27-23-11-10-18(25)12-21(23)24/h6-12,15H,2-5,13-14H2,1H3,(H,26,27). The Hall–Kier alpha value is -2.92. The minimum absolute atomic E-state index is 0.617. The Labute approximate surface area is 181 Å². The van der Waals surface area contributed by atoms with Crippen molar-refractivity contribution in [2.24, 2.45) is 0 Å². The van der Waals surface area contributed by atoms with E-state index in [-0.39, 0.29) is 0 Å². The van der Waals surface area contributed by atoms with E-state index in [0.29, 0.717) is 6.54 Å². The maximum absolute atomic E-state index is 6.30. The van der Waals surface area contributed by atoms with Gasteiger partial charge in [-0.25, -0.2) is 4.68 Å². The Bertz CT molecular complexity index is 1200. The largest absolute Gasteiger partial charge is 0.378 e. The monoisotopic (exact) mass is 417 g/mol. The lowest BCUT2D eigenvalue weighted by molar-refractivity contribution is 0.649. The van der Waals surface area contributed by atoms with Crippen LogP contribution in [-0.2, 0) is 25.9 Å².